The Morgan fingerprint density at radius 1 is 0.886 bits per heavy atom. The zero-order chi connectivity index (χ0) is 25.6. The molecule has 0 aliphatic heterocycles. The number of hydrogen-bond acceptors (Lipinski definition) is 4. The number of aryl methyl sites for hydroxylation is 1. The molecule has 0 fully saturated rings. The van der Waals surface area contributed by atoms with Crippen LogP contribution in [0, 0.1) is 0 Å². The van der Waals surface area contributed by atoms with Gasteiger partial charge in [-0.05, 0) is 63.5 Å². The number of aromatic nitrogens is 6. The first-order valence-corrected chi connectivity index (χ1v) is 12.3. The van der Waals surface area contributed by atoms with Gasteiger partial charge in [0.15, 0.2) is 5.65 Å². The molecule has 0 amide bonds. The lowest BCUT2D eigenvalue weighted by molar-refractivity contribution is 0.374. The summed E-state index contributed by atoms with van der Waals surface area (Å²) in [4.78, 5) is 16.7. The van der Waals surface area contributed by atoms with E-state index in [1.54, 1.807) is 21.5 Å². The van der Waals surface area contributed by atoms with Gasteiger partial charge in [0.1, 0.15) is 6.33 Å². The molecule has 186 valence electrons. The van der Waals surface area contributed by atoms with Crippen LogP contribution in [0.25, 0.3) is 5.65 Å². The van der Waals surface area contributed by atoms with Gasteiger partial charge in [0.2, 0.25) is 0 Å². The summed E-state index contributed by atoms with van der Waals surface area (Å²) in [5.74, 6) is 0. The molecule has 0 aliphatic carbocycles. The second-order valence-electron chi connectivity index (χ2n) is 12.1. The summed E-state index contributed by atoms with van der Waals surface area (Å²) in [5.41, 5.74) is 5.47. The third-order valence-electron chi connectivity index (χ3n) is 7.31. The van der Waals surface area contributed by atoms with Crippen LogP contribution >= 0.6 is 0 Å². The zero-order valence-electron chi connectivity index (χ0n) is 22.3. The molecule has 7 nitrogen and oxygen atoms in total. The third kappa shape index (κ3) is 5.24. The second kappa shape index (κ2) is 8.77. The first-order valence-electron chi connectivity index (χ1n) is 12.3. The molecular weight excluding hydrogens is 436 g/mol. The SMILES string of the molecule is Cn1cc(C(C)(C)C)c(Cn2cc(C(C)(C)CCC(C)(C)c3ccn4ncnc4c3)cn2)cc1=O. The Kier molecular flexibility index (Phi) is 6.24. The molecule has 0 saturated carbocycles. The second-order valence-corrected chi connectivity index (χ2v) is 12.1. The van der Waals surface area contributed by atoms with Crippen molar-refractivity contribution in [1.82, 2.24) is 28.9 Å². The number of rotatable bonds is 7. The van der Waals surface area contributed by atoms with Crippen molar-refractivity contribution in [3.63, 3.8) is 0 Å². The van der Waals surface area contributed by atoms with Crippen molar-refractivity contribution in [3.8, 4) is 0 Å². The molecule has 0 atom stereocenters. The summed E-state index contributed by atoms with van der Waals surface area (Å²) in [6.45, 7) is 16.3. The van der Waals surface area contributed by atoms with Crippen LogP contribution in [-0.4, -0.2) is 28.9 Å². The van der Waals surface area contributed by atoms with E-state index in [-0.39, 0.29) is 21.8 Å². The van der Waals surface area contributed by atoms with Crippen LogP contribution < -0.4 is 5.56 Å². The van der Waals surface area contributed by atoms with Gasteiger partial charge < -0.3 is 4.57 Å². The van der Waals surface area contributed by atoms with Gasteiger partial charge in [0.05, 0.1) is 12.7 Å². The maximum absolute atomic E-state index is 12.4. The fraction of sp³-hybridized carbons (Fsp3) is 0.500. The lowest BCUT2D eigenvalue weighted by Crippen LogP contribution is -2.25. The van der Waals surface area contributed by atoms with Crippen molar-refractivity contribution in [2.24, 2.45) is 7.05 Å². The van der Waals surface area contributed by atoms with E-state index in [0.29, 0.717) is 6.54 Å². The molecule has 0 spiro atoms. The van der Waals surface area contributed by atoms with Gasteiger partial charge in [-0.2, -0.15) is 10.2 Å². The summed E-state index contributed by atoms with van der Waals surface area (Å²) in [7, 11) is 1.81. The molecule has 7 heteroatoms. The van der Waals surface area contributed by atoms with E-state index < -0.39 is 0 Å². The van der Waals surface area contributed by atoms with Crippen LogP contribution in [0.3, 0.4) is 0 Å². The maximum Gasteiger partial charge on any atom is 0.250 e. The van der Waals surface area contributed by atoms with Crippen LogP contribution in [0.1, 0.15) is 83.6 Å². The van der Waals surface area contributed by atoms with E-state index in [1.165, 1.54) is 16.7 Å². The Morgan fingerprint density at radius 3 is 2.26 bits per heavy atom. The lowest BCUT2D eigenvalue weighted by atomic mass is 9.73. The Morgan fingerprint density at radius 2 is 1.57 bits per heavy atom. The van der Waals surface area contributed by atoms with Gasteiger partial charge >= 0.3 is 0 Å². The fourth-order valence-corrected chi connectivity index (χ4v) is 4.60. The summed E-state index contributed by atoms with van der Waals surface area (Å²) < 4.78 is 5.42. The number of nitrogens with zero attached hydrogens (tertiary/aromatic N) is 6. The topological polar surface area (TPSA) is 70.0 Å². The molecule has 0 saturated heterocycles. The van der Waals surface area contributed by atoms with Crippen molar-refractivity contribution >= 4 is 5.65 Å². The smallest absolute Gasteiger partial charge is 0.250 e. The molecule has 4 aromatic rings. The van der Waals surface area contributed by atoms with E-state index >= 15 is 0 Å². The predicted molar refractivity (Wildman–Crippen MR) is 140 cm³/mol. The van der Waals surface area contributed by atoms with Gasteiger partial charge in [-0.1, -0.05) is 48.5 Å². The summed E-state index contributed by atoms with van der Waals surface area (Å²) in [6.07, 6.45) is 11.7. The first kappa shape index (κ1) is 24.9. The van der Waals surface area contributed by atoms with Gasteiger partial charge in [-0.25, -0.2) is 9.50 Å². The maximum atomic E-state index is 12.4. The van der Waals surface area contributed by atoms with E-state index in [2.05, 4.69) is 82.0 Å². The van der Waals surface area contributed by atoms with Gasteiger partial charge in [0.25, 0.3) is 5.56 Å². The molecule has 0 N–H and O–H groups in total. The Balaban J connectivity index is 1.51. The molecule has 0 aromatic carbocycles. The van der Waals surface area contributed by atoms with Crippen LogP contribution in [0.2, 0.25) is 0 Å². The highest BCUT2D eigenvalue weighted by Gasteiger charge is 2.29. The van der Waals surface area contributed by atoms with Gasteiger partial charge in [-0.15, -0.1) is 0 Å². The molecule has 0 unspecified atom stereocenters. The van der Waals surface area contributed by atoms with E-state index in [1.807, 2.05) is 30.3 Å². The van der Waals surface area contributed by atoms with Crippen LogP contribution in [-0.2, 0) is 29.8 Å². The van der Waals surface area contributed by atoms with Crippen LogP contribution in [0.15, 0.2) is 54.1 Å². The Labute approximate surface area is 207 Å². The molecule has 4 heterocycles. The Hall–Kier alpha value is -3.22. The number of pyridine rings is 2. The number of hydrogen-bond donors (Lipinski definition) is 0. The quantitative estimate of drug-likeness (QED) is 0.378. The predicted octanol–water partition coefficient (Wildman–Crippen LogP) is 5.01. The highest BCUT2D eigenvalue weighted by atomic mass is 16.1. The van der Waals surface area contributed by atoms with E-state index in [4.69, 9.17) is 0 Å². The van der Waals surface area contributed by atoms with Crippen LogP contribution in [0.5, 0.6) is 0 Å². The van der Waals surface area contributed by atoms with Crippen molar-refractivity contribution in [2.75, 3.05) is 0 Å². The fourth-order valence-electron chi connectivity index (χ4n) is 4.60. The highest BCUT2D eigenvalue weighted by molar-refractivity contribution is 5.42. The van der Waals surface area contributed by atoms with Crippen molar-refractivity contribution < 1.29 is 0 Å². The largest absolute Gasteiger partial charge is 0.318 e. The standard InChI is InChI=1S/C28H38N6O/c1-26(2,3)23-18-32(8)25(35)13-20(23)16-33-17-22(15-30-33)28(6,7)11-10-27(4,5)21-9-12-34-24(14-21)29-19-31-34/h9,12-15,17-19H,10-11,16H2,1-8H3. The van der Waals surface area contributed by atoms with Crippen molar-refractivity contribution in [1.29, 1.82) is 0 Å². The first-order chi connectivity index (χ1) is 16.3. The minimum Gasteiger partial charge on any atom is -0.318 e. The molecule has 0 bridgehead atoms. The minimum absolute atomic E-state index is 0.00661. The van der Waals surface area contributed by atoms with Gasteiger partial charge in [0, 0.05) is 31.7 Å². The minimum atomic E-state index is -0.0584. The van der Waals surface area contributed by atoms with Crippen LogP contribution in [0.4, 0.5) is 0 Å². The number of fused-ring (bicyclic) bond motifs is 1. The van der Waals surface area contributed by atoms with E-state index in [9.17, 15) is 4.79 Å². The summed E-state index contributed by atoms with van der Waals surface area (Å²) in [6, 6.07) is 6.03. The lowest BCUT2D eigenvalue weighted by Gasteiger charge is -2.31. The molecule has 0 radical (unpaired) electrons. The Bertz CT molecular complexity index is 1400. The zero-order valence-corrected chi connectivity index (χ0v) is 22.3. The van der Waals surface area contributed by atoms with Gasteiger partial charge in [-0.3, -0.25) is 9.48 Å². The van der Waals surface area contributed by atoms with Crippen molar-refractivity contribution in [3.05, 3.63) is 81.9 Å². The molecule has 0 aliphatic rings. The van der Waals surface area contributed by atoms with E-state index in [0.717, 1.165) is 24.1 Å². The molecule has 4 rings (SSSR count). The summed E-state index contributed by atoms with van der Waals surface area (Å²) >= 11 is 0. The highest BCUT2D eigenvalue weighted by Crippen LogP contribution is 2.36. The van der Waals surface area contributed by atoms with Crippen molar-refractivity contribution in [2.45, 2.75) is 84.1 Å². The monoisotopic (exact) mass is 474 g/mol. The normalized spacial score (nSPS) is 13.0. The average molecular weight is 475 g/mol. The average Bonchev–Trinajstić information content (AvgIpc) is 3.43. The summed E-state index contributed by atoms with van der Waals surface area (Å²) in [5, 5.41) is 8.88. The molecule has 4 aromatic heterocycles. The third-order valence-corrected chi connectivity index (χ3v) is 7.31. The molecule has 35 heavy (non-hydrogen) atoms. The molecular formula is C28H38N6O.